The number of fused-ring (bicyclic) bond motifs is 1. The zero-order valence-corrected chi connectivity index (χ0v) is 15.2. The van der Waals surface area contributed by atoms with Gasteiger partial charge in [-0.1, -0.05) is 0 Å². The summed E-state index contributed by atoms with van der Waals surface area (Å²) in [7, 11) is 0. The van der Waals surface area contributed by atoms with E-state index in [0.29, 0.717) is 23.2 Å². The van der Waals surface area contributed by atoms with Crippen LogP contribution < -0.4 is 10.6 Å². The maximum Gasteiger partial charge on any atom is 0.252 e. The molecule has 26 heavy (non-hydrogen) atoms. The molecule has 3 heterocycles. The molecule has 2 fully saturated rings. The molecular weight excluding hydrogens is 330 g/mol. The molecule has 0 unspecified atom stereocenters. The largest absolute Gasteiger partial charge is 0.391 e. The first-order chi connectivity index (χ1) is 12.4. The van der Waals surface area contributed by atoms with Crippen LogP contribution in [-0.4, -0.2) is 45.0 Å². The predicted octanol–water partition coefficient (Wildman–Crippen LogP) is 1.44. The van der Waals surface area contributed by atoms with Crippen molar-refractivity contribution in [3.05, 3.63) is 41.3 Å². The molecule has 4 atom stereocenters. The number of pyridine rings is 1. The standard InChI is InChI=1S/C19H25N5O2/c1-11-6-15(18(20)26)19(22-12(11)2)23-9-13-7-16(24-5-3-4-21-24)17(25)8-14(13)10-23/h3-6,13-14,16-17,25H,7-10H2,1-2H3,(H2,20,26)/t13-,14+,16-,17-/m1/s1. The second kappa shape index (κ2) is 6.39. The first-order valence-electron chi connectivity index (χ1n) is 9.14. The average Bonchev–Trinajstić information content (AvgIpc) is 3.24. The number of aliphatic hydroxyl groups is 1. The van der Waals surface area contributed by atoms with Gasteiger partial charge in [0.1, 0.15) is 5.82 Å². The molecule has 1 saturated heterocycles. The molecule has 0 spiro atoms. The Morgan fingerprint density at radius 1 is 1.27 bits per heavy atom. The lowest BCUT2D eigenvalue weighted by molar-refractivity contribution is 0.0306. The van der Waals surface area contributed by atoms with Crippen molar-refractivity contribution in [3.63, 3.8) is 0 Å². The van der Waals surface area contributed by atoms with Gasteiger partial charge in [-0.25, -0.2) is 4.98 Å². The maximum absolute atomic E-state index is 11.9. The molecule has 138 valence electrons. The van der Waals surface area contributed by atoms with Gasteiger partial charge in [0.15, 0.2) is 0 Å². The summed E-state index contributed by atoms with van der Waals surface area (Å²) in [5.74, 6) is 1.07. The van der Waals surface area contributed by atoms with Gasteiger partial charge in [0.25, 0.3) is 5.91 Å². The van der Waals surface area contributed by atoms with E-state index in [-0.39, 0.29) is 6.04 Å². The summed E-state index contributed by atoms with van der Waals surface area (Å²) in [4.78, 5) is 18.8. The Kier molecular flexibility index (Phi) is 4.19. The first-order valence-corrected chi connectivity index (χ1v) is 9.14. The van der Waals surface area contributed by atoms with E-state index in [9.17, 15) is 9.90 Å². The number of nitrogens with two attached hydrogens (primary N) is 1. The highest BCUT2D eigenvalue weighted by atomic mass is 16.3. The van der Waals surface area contributed by atoms with E-state index in [1.807, 2.05) is 36.9 Å². The summed E-state index contributed by atoms with van der Waals surface area (Å²) >= 11 is 0. The van der Waals surface area contributed by atoms with E-state index >= 15 is 0 Å². The summed E-state index contributed by atoms with van der Waals surface area (Å²) in [6, 6.07) is 3.73. The molecule has 0 aromatic carbocycles. The number of amides is 1. The smallest absolute Gasteiger partial charge is 0.252 e. The normalized spacial score (nSPS) is 28.2. The number of carbonyl (C=O) groups is 1. The highest BCUT2D eigenvalue weighted by molar-refractivity contribution is 5.98. The highest BCUT2D eigenvalue weighted by Gasteiger charge is 2.43. The number of hydrogen-bond acceptors (Lipinski definition) is 5. The number of carbonyl (C=O) groups excluding carboxylic acids is 1. The van der Waals surface area contributed by atoms with Gasteiger partial charge >= 0.3 is 0 Å². The number of nitrogens with zero attached hydrogens (tertiary/aromatic N) is 4. The Morgan fingerprint density at radius 2 is 2.00 bits per heavy atom. The fourth-order valence-electron chi connectivity index (χ4n) is 4.46. The van der Waals surface area contributed by atoms with Crippen LogP contribution in [0, 0.1) is 25.7 Å². The number of rotatable bonds is 3. The molecule has 2 aliphatic rings. The van der Waals surface area contributed by atoms with Crippen LogP contribution in [-0.2, 0) is 0 Å². The summed E-state index contributed by atoms with van der Waals surface area (Å²) in [6.45, 7) is 5.51. The van der Waals surface area contributed by atoms with Crippen LogP contribution in [0.15, 0.2) is 24.5 Å². The summed E-state index contributed by atoms with van der Waals surface area (Å²) in [5.41, 5.74) is 7.96. The molecule has 7 nitrogen and oxygen atoms in total. The molecule has 4 rings (SSSR count). The van der Waals surface area contributed by atoms with E-state index < -0.39 is 12.0 Å². The van der Waals surface area contributed by atoms with Crippen molar-refractivity contribution < 1.29 is 9.90 Å². The Hall–Kier alpha value is -2.41. The van der Waals surface area contributed by atoms with Crippen LogP contribution >= 0.6 is 0 Å². The van der Waals surface area contributed by atoms with Crippen LogP contribution in [0.2, 0.25) is 0 Å². The van der Waals surface area contributed by atoms with Crippen LogP contribution in [0.25, 0.3) is 0 Å². The van der Waals surface area contributed by atoms with E-state index in [1.54, 1.807) is 6.20 Å². The molecule has 7 heteroatoms. The lowest BCUT2D eigenvalue weighted by Crippen LogP contribution is -2.36. The lowest BCUT2D eigenvalue weighted by atomic mass is 9.77. The van der Waals surface area contributed by atoms with Gasteiger partial charge in [0.05, 0.1) is 17.7 Å². The van der Waals surface area contributed by atoms with Gasteiger partial charge in [-0.3, -0.25) is 9.48 Å². The van der Waals surface area contributed by atoms with E-state index in [0.717, 1.165) is 37.2 Å². The van der Waals surface area contributed by atoms with Gasteiger partial charge in [-0.2, -0.15) is 5.10 Å². The molecular formula is C19H25N5O2. The Morgan fingerprint density at radius 3 is 2.65 bits per heavy atom. The zero-order valence-electron chi connectivity index (χ0n) is 15.2. The summed E-state index contributed by atoms with van der Waals surface area (Å²) in [6.07, 6.45) is 4.87. The van der Waals surface area contributed by atoms with Crippen molar-refractivity contribution in [2.24, 2.45) is 17.6 Å². The Balaban J connectivity index is 1.59. The number of aliphatic hydroxyl groups excluding tert-OH is 1. The van der Waals surface area contributed by atoms with Crippen molar-refractivity contribution in [2.75, 3.05) is 18.0 Å². The highest BCUT2D eigenvalue weighted by Crippen LogP contribution is 2.42. The molecule has 2 aromatic heterocycles. The van der Waals surface area contributed by atoms with Gasteiger partial charge < -0.3 is 15.7 Å². The van der Waals surface area contributed by atoms with Crippen LogP contribution in [0.5, 0.6) is 0 Å². The lowest BCUT2D eigenvalue weighted by Gasteiger charge is -2.35. The number of aromatic nitrogens is 3. The van der Waals surface area contributed by atoms with E-state index in [4.69, 9.17) is 5.73 Å². The second-order valence-electron chi connectivity index (χ2n) is 7.64. The summed E-state index contributed by atoms with van der Waals surface area (Å²) < 4.78 is 1.87. The SMILES string of the molecule is Cc1cc(C(N)=O)c(N2C[C@H]3C[C@@H](n4cccn4)[C@H](O)C[C@H]3C2)nc1C. The minimum atomic E-state index is -0.445. The number of aryl methyl sites for hydroxylation is 2. The van der Waals surface area contributed by atoms with E-state index in [1.165, 1.54) is 0 Å². The summed E-state index contributed by atoms with van der Waals surface area (Å²) in [5, 5.41) is 14.9. The first kappa shape index (κ1) is 17.0. The van der Waals surface area contributed by atoms with Crippen LogP contribution in [0.3, 0.4) is 0 Å². The molecule has 1 aliphatic heterocycles. The molecule has 1 aliphatic carbocycles. The van der Waals surface area contributed by atoms with Crippen molar-refractivity contribution in [1.29, 1.82) is 0 Å². The third-order valence-corrected chi connectivity index (χ3v) is 5.98. The maximum atomic E-state index is 11.9. The predicted molar refractivity (Wildman–Crippen MR) is 97.9 cm³/mol. The monoisotopic (exact) mass is 355 g/mol. The third kappa shape index (κ3) is 2.86. The van der Waals surface area contributed by atoms with Crippen LogP contribution in [0.1, 0.15) is 40.5 Å². The van der Waals surface area contributed by atoms with Crippen LogP contribution in [0.4, 0.5) is 5.82 Å². The number of anilines is 1. The minimum absolute atomic E-state index is 0.00882. The quantitative estimate of drug-likeness (QED) is 0.868. The molecule has 0 radical (unpaired) electrons. The molecule has 1 amide bonds. The van der Waals surface area contributed by atoms with Crippen molar-refractivity contribution in [2.45, 2.75) is 38.8 Å². The van der Waals surface area contributed by atoms with Gasteiger partial charge in [0, 0.05) is 31.2 Å². The zero-order chi connectivity index (χ0) is 18.4. The third-order valence-electron chi connectivity index (χ3n) is 5.98. The van der Waals surface area contributed by atoms with Gasteiger partial charge in [-0.15, -0.1) is 0 Å². The van der Waals surface area contributed by atoms with E-state index in [2.05, 4.69) is 15.0 Å². The van der Waals surface area contributed by atoms with Crippen molar-refractivity contribution >= 4 is 11.7 Å². The second-order valence-corrected chi connectivity index (χ2v) is 7.64. The fourth-order valence-corrected chi connectivity index (χ4v) is 4.46. The van der Waals surface area contributed by atoms with Crippen molar-refractivity contribution in [1.82, 2.24) is 14.8 Å². The van der Waals surface area contributed by atoms with Gasteiger partial charge in [-0.05, 0) is 56.2 Å². The number of hydrogen-bond donors (Lipinski definition) is 2. The molecule has 1 saturated carbocycles. The molecule has 0 bridgehead atoms. The fraction of sp³-hybridized carbons (Fsp3) is 0.526. The number of primary amides is 1. The van der Waals surface area contributed by atoms with Gasteiger partial charge in [0.2, 0.25) is 0 Å². The molecule has 2 aromatic rings. The Labute approximate surface area is 152 Å². The van der Waals surface area contributed by atoms with Crippen molar-refractivity contribution in [3.8, 4) is 0 Å². The molecule has 3 N–H and O–H groups in total. The topological polar surface area (TPSA) is 97.3 Å². The minimum Gasteiger partial charge on any atom is -0.391 e. The average molecular weight is 355 g/mol. The Bertz CT molecular complexity index is 820.